The van der Waals surface area contributed by atoms with E-state index in [1.54, 1.807) is 0 Å². The fourth-order valence-corrected chi connectivity index (χ4v) is 1.54. The fraction of sp³-hybridized carbons (Fsp3) is 0.400. The van der Waals surface area contributed by atoms with Crippen LogP contribution < -0.4 is 15.4 Å². The Morgan fingerprint density at radius 3 is 2.68 bits per heavy atom. The average molecular weight is 262 g/mol. The predicted octanol–water partition coefficient (Wildman–Crippen LogP) is 1.87. The topological polar surface area (TPSA) is 50.4 Å². The number of para-hydroxylation sites is 1. The summed E-state index contributed by atoms with van der Waals surface area (Å²) in [4.78, 5) is 10.7. The Hall–Kier alpha value is -1.81. The Balaban J connectivity index is 2.39. The number of amides is 1. The van der Waals surface area contributed by atoms with E-state index in [4.69, 9.17) is 4.74 Å². The molecule has 0 saturated heterocycles. The molecular weight excluding hydrogens is 240 g/mol. The normalized spacial score (nSPS) is 10.0. The zero-order valence-corrected chi connectivity index (χ0v) is 11.7. The minimum absolute atomic E-state index is 0.00742. The summed E-state index contributed by atoms with van der Waals surface area (Å²) >= 11 is 0. The largest absolute Gasteiger partial charge is 0.489 e. The highest BCUT2D eigenvalue weighted by Crippen LogP contribution is 2.18. The maximum Gasteiger partial charge on any atom is 0.216 e. The molecule has 2 N–H and O–H groups in total. The first-order valence-corrected chi connectivity index (χ1v) is 6.40. The van der Waals surface area contributed by atoms with Crippen molar-refractivity contribution in [1.29, 1.82) is 0 Å². The third-order valence-corrected chi connectivity index (χ3v) is 2.44. The molecule has 4 nitrogen and oxygen atoms in total. The molecule has 1 aromatic rings. The van der Waals surface area contributed by atoms with Gasteiger partial charge >= 0.3 is 0 Å². The van der Waals surface area contributed by atoms with Crippen molar-refractivity contribution < 1.29 is 9.53 Å². The number of ether oxygens (including phenoxy) is 1. The van der Waals surface area contributed by atoms with Crippen LogP contribution in [0.2, 0.25) is 0 Å². The maximum absolute atomic E-state index is 10.7. The molecule has 0 aliphatic heterocycles. The van der Waals surface area contributed by atoms with E-state index in [1.165, 1.54) is 6.92 Å². The Labute approximate surface area is 114 Å². The maximum atomic E-state index is 10.7. The molecular formula is C15H22N2O2. The molecule has 0 heterocycles. The lowest BCUT2D eigenvalue weighted by molar-refractivity contribution is -0.118. The lowest BCUT2D eigenvalue weighted by Crippen LogP contribution is -2.30. The first-order valence-electron chi connectivity index (χ1n) is 6.40. The number of nitrogens with one attached hydrogen (secondary N) is 2. The van der Waals surface area contributed by atoms with Gasteiger partial charge in [0.05, 0.1) is 0 Å². The van der Waals surface area contributed by atoms with Crippen LogP contribution in [0.15, 0.2) is 36.4 Å². The molecule has 0 spiro atoms. The van der Waals surface area contributed by atoms with Crippen molar-refractivity contribution in [3.63, 3.8) is 0 Å². The summed E-state index contributed by atoms with van der Waals surface area (Å²) in [5.74, 6) is 0.865. The summed E-state index contributed by atoms with van der Waals surface area (Å²) in [5.41, 5.74) is 2.10. The van der Waals surface area contributed by atoms with Gasteiger partial charge in [0.15, 0.2) is 0 Å². The van der Waals surface area contributed by atoms with Gasteiger partial charge in [-0.25, -0.2) is 0 Å². The van der Waals surface area contributed by atoms with Crippen molar-refractivity contribution in [2.75, 3.05) is 19.7 Å². The van der Waals surface area contributed by atoms with Crippen LogP contribution in [0.25, 0.3) is 0 Å². The first-order chi connectivity index (χ1) is 9.09. The highest BCUT2D eigenvalue weighted by molar-refractivity contribution is 5.72. The zero-order valence-electron chi connectivity index (χ0n) is 11.7. The standard InChI is InChI=1S/C15H22N2O2/c1-12(2)11-19-15-7-5-4-6-14(15)10-16-8-9-17-13(3)18/h4-7,16H,1,8-11H2,2-3H3,(H,17,18). The minimum atomic E-state index is -0.00742. The third-order valence-electron chi connectivity index (χ3n) is 2.44. The van der Waals surface area contributed by atoms with Gasteiger partial charge in [-0.3, -0.25) is 4.79 Å². The quantitative estimate of drug-likeness (QED) is 0.555. The second-order valence-corrected chi connectivity index (χ2v) is 4.51. The number of hydrogen-bond donors (Lipinski definition) is 2. The molecule has 0 saturated carbocycles. The van der Waals surface area contributed by atoms with E-state index in [2.05, 4.69) is 17.2 Å². The molecule has 1 rings (SSSR count). The molecule has 1 amide bonds. The van der Waals surface area contributed by atoms with Gasteiger partial charge in [-0.1, -0.05) is 24.8 Å². The van der Waals surface area contributed by atoms with E-state index in [-0.39, 0.29) is 5.91 Å². The molecule has 0 fully saturated rings. The van der Waals surface area contributed by atoms with Crippen LogP contribution in [-0.4, -0.2) is 25.6 Å². The van der Waals surface area contributed by atoms with Crippen LogP contribution in [0.1, 0.15) is 19.4 Å². The van der Waals surface area contributed by atoms with Crippen LogP contribution >= 0.6 is 0 Å². The molecule has 0 aliphatic rings. The average Bonchev–Trinajstić information content (AvgIpc) is 2.36. The van der Waals surface area contributed by atoms with Crippen molar-refractivity contribution in [2.24, 2.45) is 0 Å². The van der Waals surface area contributed by atoms with Crippen molar-refractivity contribution in [1.82, 2.24) is 10.6 Å². The number of benzene rings is 1. The highest BCUT2D eigenvalue weighted by atomic mass is 16.5. The summed E-state index contributed by atoms with van der Waals surface area (Å²) in [6, 6.07) is 7.92. The molecule has 19 heavy (non-hydrogen) atoms. The number of carbonyl (C=O) groups excluding carboxylic acids is 1. The number of rotatable bonds is 8. The summed E-state index contributed by atoms with van der Waals surface area (Å²) in [6.45, 7) is 9.88. The van der Waals surface area contributed by atoms with Crippen molar-refractivity contribution in [3.05, 3.63) is 42.0 Å². The predicted molar refractivity (Wildman–Crippen MR) is 77.1 cm³/mol. The van der Waals surface area contributed by atoms with E-state index in [1.807, 2.05) is 31.2 Å². The Kier molecular flexibility index (Phi) is 6.68. The van der Waals surface area contributed by atoms with E-state index >= 15 is 0 Å². The second kappa shape index (κ2) is 8.32. The molecule has 0 radical (unpaired) electrons. The molecule has 104 valence electrons. The van der Waals surface area contributed by atoms with E-state index in [0.717, 1.165) is 23.4 Å². The Morgan fingerprint density at radius 2 is 2.00 bits per heavy atom. The molecule has 1 aromatic carbocycles. The fourth-order valence-electron chi connectivity index (χ4n) is 1.54. The van der Waals surface area contributed by atoms with Crippen LogP contribution in [-0.2, 0) is 11.3 Å². The molecule has 0 aliphatic carbocycles. The monoisotopic (exact) mass is 262 g/mol. The third kappa shape index (κ3) is 6.62. The lowest BCUT2D eigenvalue weighted by Gasteiger charge is -2.12. The zero-order chi connectivity index (χ0) is 14.1. The molecule has 0 unspecified atom stereocenters. The Morgan fingerprint density at radius 1 is 1.26 bits per heavy atom. The van der Waals surface area contributed by atoms with E-state index in [9.17, 15) is 4.79 Å². The summed E-state index contributed by atoms with van der Waals surface area (Å²) in [6.07, 6.45) is 0. The Bertz CT molecular complexity index is 430. The number of hydrogen-bond acceptors (Lipinski definition) is 3. The van der Waals surface area contributed by atoms with Crippen molar-refractivity contribution >= 4 is 5.91 Å². The van der Waals surface area contributed by atoms with Crippen molar-refractivity contribution in [2.45, 2.75) is 20.4 Å². The van der Waals surface area contributed by atoms with Crippen LogP contribution in [0.4, 0.5) is 0 Å². The first kappa shape index (κ1) is 15.2. The second-order valence-electron chi connectivity index (χ2n) is 4.51. The van der Waals surface area contributed by atoms with E-state index in [0.29, 0.717) is 19.7 Å². The highest BCUT2D eigenvalue weighted by Gasteiger charge is 2.02. The van der Waals surface area contributed by atoms with Gasteiger partial charge in [-0.2, -0.15) is 0 Å². The van der Waals surface area contributed by atoms with Crippen LogP contribution in [0.3, 0.4) is 0 Å². The minimum Gasteiger partial charge on any atom is -0.489 e. The summed E-state index contributed by atoms with van der Waals surface area (Å²) < 4.78 is 5.68. The van der Waals surface area contributed by atoms with Gasteiger partial charge in [0, 0.05) is 32.1 Å². The SMILES string of the molecule is C=C(C)COc1ccccc1CNCCNC(C)=O. The van der Waals surface area contributed by atoms with Gasteiger partial charge < -0.3 is 15.4 Å². The molecule has 0 bridgehead atoms. The van der Waals surface area contributed by atoms with Crippen LogP contribution in [0, 0.1) is 0 Å². The molecule has 0 aromatic heterocycles. The van der Waals surface area contributed by atoms with E-state index < -0.39 is 0 Å². The van der Waals surface area contributed by atoms with Gasteiger partial charge in [-0.05, 0) is 18.6 Å². The van der Waals surface area contributed by atoms with Gasteiger partial charge in [0.1, 0.15) is 12.4 Å². The lowest BCUT2D eigenvalue weighted by atomic mass is 10.2. The van der Waals surface area contributed by atoms with Crippen LogP contribution in [0.5, 0.6) is 5.75 Å². The van der Waals surface area contributed by atoms with Gasteiger partial charge in [0.2, 0.25) is 5.91 Å². The summed E-state index contributed by atoms with van der Waals surface area (Å²) in [5, 5.41) is 6.01. The molecule has 0 atom stereocenters. The van der Waals surface area contributed by atoms with Gasteiger partial charge in [0.25, 0.3) is 0 Å². The smallest absolute Gasteiger partial charge is 0.216 e. The molecule has 4 heteroatoms. The van der Waals surface area contributed by atoms with Crippen molar-refractivity contribution in [3.8, 4) is 5.75 Å². The summed E-state index contributed by atoms with van der Waals surface area (Å²) in [7, 11) is 0. The number of carbonyl (C=O) groups is 1. The van der Waals surface area contributed by atoms with Gasteiger partial charge in [-0.15, -0.1) is 0 Å².